The van der Waals surface area contributed by atoms with Gasteiger partial charge >= 0.3 is 6.03 Å². The van der Waals surface area contributed by atoms with Crippen LogP contribution in [0.4, 0.5) is 16.2 Å². The lowest BCUT2D eigenvalue weighted by molar-refractivity contribution is 0.262. The SMILES string of the molecule is CSc1ccc(NC(=O)Nc2ccc(Cl)cc2)cc1Cl. The first-order chi connectivity index (χ1) is 9.58. The molecule has 0 spiro atoms. The Morgan fingerprint density at radius 2 is 1.60 bits per heavy atom. The van der Waals surface area contributed by atoms with Gasteiger partial charge in [0.2, 0.25) is 0 Å². The molecule has 20 heavy (non-hydrogen) atoms. The van der Waals surface area contributed by atoms with Gasteiger partial charge in [0.25, 0.3) is 0 Å². The zero-order valence-corrected chi connectivity index (χ0v) is 12.9. The number of nitrogens with one attached hydrogen (secondary N) is 2. The monoisotopic (exact) mass is 326 g/mol. The summed E-state index contributed by atoms with van der Waals surface area (Å²) in [5.41, 5.74) is 1.30. The summed E-state index contributed by atoms with van der Waals surface area (Å²) >= 11 is 13.4. The highest BCUT2D eigenvalue weighted by Crippen LogP contribution is 2.28. The van der Waals surface area contributed by atoms with Gasteiger partial charge in [-0.05, 0) is 48.7 Å². The smallest absolute Gasteiger partial charge is 0.308 e. The Bertz CT molecular complexity index is 617. The average molecular weight is 327 g/mol. The Morgan fingerprint density at radius 3 is 2.20 bits per heavy atom. The lowest BCUT2D eigenvalue weighted by atomic mass is 10.3. The molecule has 104 valence electrons. The molecule has 0 saturated heterocycles. The van der Waals surface area contributed by atoms with E-state index in [4.69, 9.17) is 23.2 Å². The number of anilines is 2. The Kier molecular flexibility index (Phi) is 5.17. The number of urea groups is 1. The fourth-order valence-corrected chi connectivity index (χ4v) is 2.57. The summed E-state index contributed by atoms with van der Waals surface area (Å²) in [6, 6.07) is 11.9. The molecule has 0 atom stereocenters. The van der Waals surface area contributed by atoms with Crippen molar-refractivity contribution in [2.75, 3.05) is 16.9 Å². The highest BCUT2D eigenvalue weighted by Gasteiger charge is 2.05. The van der Waals surface area contributed by atoms with Crippen LogP contribution in [-0.4, -0.2) is 12.3 Å². The normalized spacial score (nSPS) is 10.2. The summed E-state index contributed by atoms with van der Waals surface area (Å²) in [5.74, 6) is 0. The van der Waals surface area contributed by atoms with Gasteiger partial charge in [0.05, 0.1) is 5.02 Å². The molecule has 2 rings (SSSR count). The van der Waals surface area contributed by atoms with Crippen molar-refractivity contribution < 1.29 is 4.79 Å². The van der Waals surface area contributed by atoms with Crippen LogP contribution in [0.1, 0.15) is 0 Å². The summed E-state index contributed by atoms with van der Waals surface area (Å²) in [7, 11) is 0. The van der Waals surface area contributed by atoms with Gasteiger partial charge in [-0.15, -0.1) is 11.8 Å². The highest BCUT2D eigenvalue weighted by atomic mass is 35.5. The van der Waals surface area contributed by atoms with E-state index >= 15 is 0 Å². The molecule has 0 bridgehead atoms. The number of amides is 2. The molecule has 0 aliphatic rings. The van der Waals surface area contributed by atoms with E-state index in [9.17, 15) is 4.79 Å². The van der Waals surface area contributed by atoms with E-state index in [0.29, 0.717) is 21.4 Å². The molecule has 6 heteroatoms. The van der Waals surface area contributed by atoms with E-state index in [1.807, 2.05) is 12.3 Å². The van der Waals surface area contributed by atoms with Crippen LogP contribution in [0.2, 0.25) is 10.0 Å². The lowest BCUT2D eigenvalue weighted by Crippen LogP contribution is -2.19. The third-order valence-electron chi connectivity index (χ3n) is 2.51. The third kappa shape index (κ3) is 4.07. The molecule has 2 amide bonds. The van der Waals surface area contributed by atoms with Gasteiger partial charge in [0, 0.05) is 21.3 Å². The maximum atomic E-state index is 11.8. The van der Waals surface area contributed by atoms with E-state index in [0.717, 1.165) is 4.90 Å². The quantitative estimate of drug-likeness (QED) is 0.745. The van der Waals surface area contributed by atoms with Crippen molar-refractivity contribution in [3.8, 4) is 0 Å². The van der Waals surface area contributed by atoms with E-state index in [1.54, 1.807) is 48.2 Å². The highest BCUT2D eigenvalue weighted by molar-refractivity contribution is 7.98. The van der Waals surface area contributed by atoms with E-state index < -0.39 is 0 Å². The Balaban J connectivity index is 2.01. The fraction of sp³-hybridized carbons (Fsp3) is 0.0714. The number of halogens is 2. The molecule has 0 heterocycles. The van der Waals surface area contributed by atoms with E-state index in [-0.39, 0.29) is 6.03 Å². The topological polar surface area (TPSA) is 41.1 Å². The van der Waals surface area contributed by atoms with Crippen molar-refractivity contribution in [2.24, 2.45) is 0 Å². The van der Waals surface area contributed by atoms with Crippen LogP contribution in [0.5, 0.6) is 0 Å². The first kappa shape index (κ1) is 15.0. The summed E-state index contributed by atoms with van der Waals surface area (Å²) in [4.78, 5) is 12.8. The average Bonchev–Trinajstić information content (AvgIpc) is 2.41. The van der Waals surface area contributed by atoms with Gasteiger partial charge in [0.1, 0.15) is 0 Å². The Morgan fingerprint density at radius 1 is 1.00 bits per heavy atom. The molecular formula is C14H12Cl2N2OS. The minimum absolute atomic E-state index is 0.333. The van der Waals surface area contributed by atoms with E-state index in [2.05, 4.69) is 10.6 Å². The lowest BCUT2D eigenvalue weighted by Gasteiger charge is -2.09. The molecule has 2 aromatic carbocycles. The molecule has 0 aromatic heterocycles. The maximum absolute atomic E-state index is 11.8. The molecule has 2 N–H and O–H groups in total. The van der Waals surface area contributed by atoms with Gasteiger partial charge < -0.3 is 10.6 Å². The zero-order chi connectivity index (χ0) is 14.5. The summed E-state index contributed by atoms with van der Waals surface area (Å²) in [6.45, 7) is 0. The summed E-state index contributed by atoms with van der Waals surface area (Å²) in [5, 5.41) is 6.66. The van der Waals surface area contributed by atoms with Gasteiger partial charge in [-0.1, -0.05) is 23.2 Å². The number of thioether (sulfide) groups is 1. The summed E-state index contributed by atoms with van der Waals surface area (Å²) in [6.07, 6.45) is 1.95. The molecule has 0 radical (unpaired) electrons. The minimum Gasteiger partial charge on any atom is -0.308 e. The van der Waals surface area contributed by atoms with Crippen molar-refractivity contribution >= 4 is 52.4 Å². The predicted octanol–water partition coefficient (Wildman–Crippen LogP) is 5.36. The molecule has 0 unspecified atom stereocenters. The molecule has 3 nitrogen and oxygen atoms in total. The Labute approximate surface area is 131 Å². The molecule has 0 aliphatic heterocycles. The van der Waals surface area contributed by atoms with Gasteiger partial charge in [-0.3, -0.25) is 0 Å². The Hall–Kier alpha value is -1.36. The van der Waals surface area contributed by atoms with Crippen LogP contribution in [0.3, 0.4) is 0 Å². The van der Waals surface area contributed by atoms with Crippen LogP contribution >= 0.6 is 35.0 Å². The van der Waals surface area contributed by atoms with Crippen LogP contribution in [0.25, 0.3) is 0 Å². The number of rotatable bonds is 3. The number of carbonyl (C=O) groups is 1. The predicted molar refractivity (Wildman–Crippen MR) is 87.3 cm³/mol. The van der Waals surface area contributed by atoms with Crippen LogP contribution < -0.4 is 10.6 Å². The van der Waals surface area contributed by atoms with Crippen molar-refractivity contribution in [1.29, 1.82) is 0 Å². The second kappa shape index (κ2) is 6.88. The first-order valence-electron chi connectivity index (χ1n) is 5.75. The van der Waals surface area contributed by atoms with Crippen molar-refractivity contribution in [3.05, 3.63) is 52.5 Å². The zero-order valence-electron chi connectivity index (χ0n) is 10.6. The first-order valence-corrected chi connectivity index (χ1v) is 7.73. The minimum atomic E-state index is -0.333. The second-order valence-electron chi connectivity index (χ2n) is 3.94. The van der Waals surface area contributed by atoms with Gasteiger partial charge in [0.15, 0.2) is 0 Å². The second-order valence-corrected chi connectivity index (χ2v) is 5.63. The molecule has 2 aromatic rings. The maximum Gasteiger partial charge on any atom is 0.323 e. The number of carbonyl (C=O) groups excluding carboxylic acids is 1. The number of benzene rings is 2. The van der Waals surface area contributed by atoms with Crippen molar-refractivity contribution in [1.82, 2.24) is 0 Å². The third-order valence-corrected chi connectivity index (χ3v) is 3.98. The molecule has 0 saturated carbocycles. The van der Waals surface area contributed by atoms with Gasteiger partial charge in [-0.2, -0.15) is 0 Å². The van der Waals surface area contributed by atoms with Crippen LogP contribution in [0.15, 0.2) is 47.4 Å². The molecule has 0 aliphatic carbocycles. The van der Waals surface area contributed by atoms with Crippen molar-refractivity contribution in [3.63, 3.8) is 0 Å². The van der Waals surface area contributed by atoms with Gasteiger partial charge in [-0.25, -0.2) is 4.79 Å². The fourth-order valence-electron chi connectivity index (χ4n) is 1.57. The largest absolute Gasteiger partial charge is 0.323 e. The van der Waals surface area contributed by atoms with Crippen LogP contribution in [-0.2, 0) is 0 Å². The summed E-state index contributed by atoms with van der Waals surface area (Å²) < 4.78 is 0. The van der Waals surface area contributed by atoms with Crippen LogP contribution in [0, 0.1) is 0 Å². The van der Waals surface area contributed by atoms with E-state index in [1.165, 1.54) is 0 Å². The standard InChI is InChI=1S/C14H12Cl2N2OS/c1-20-13-7-6-11(8-12(13)16)18-14(19)17-10-4-2-9(15)3-5-10/h2-8H,1H3,(H2,17,18,19). The number of hydrogen-bond donors (Lipinski definition) is 2. The molecule has 0 fully saturated rings. The molecular weight excluding hydrogens is 315 g/mol. The van der Waals surface area contributed by atoms with Crippen molar-refractivity contribution in [2.45, 2.75) is 4.90 Å². The number of hydrogen-bond acceptors (Lipinski definition) is 2.